The van der Waals surface area contributed by atoms with Gasteiger partial charge in [-0.05, 0) is 23.3 Å². The highest BCUT2D eigenvalue weighted by Gasteiger charge is 2.16. The molecule has 3 heterocycles. The van der Waals surface area contributed by atoms with Crippen molar-refractivity contribution < 1.29 is 0 Å². The van der Waals surface area contributed by atoms with Gasteiger partial charge in [0, 0.05) is 50.0 Å². The summed E-state index contributed by atoms with van der Waals surface area (Å²) >= 11 is 0. The molecule has 32 heavy (non-hydrogen) atoms. The van der Waals surface area contributed by atoms with Crippen LogP contribution in [0, 0.1) is 11.5 Å². The van der Waals surface area contributed by atoms with Crippen molar-refractivity contribution in [3.63, 3.8) is 0 Å². The lowest BCUT2D eigenvalue weighted by Gasteiger charge is -2.31. The Hall–Kier alpha value is -3.95. The van der Waals surface area contributed by atoms with Crippen LogP contribution in [0.15, 0.2) is 77.7 Å². The first-order chi connectivity index (χ1) is 15.7. The zero-order valence-corrected chi connectivity index (χ0v) is 17.7. The zero-order valence-electron chi connectivity index (χ0n) is 17.7. The van der Waals surface area contributed by atoms with Crippen molar-refractivity contribution >= 4 is 10.9 Å². The number of pyridine rings is 2. The quantitative estimate of drug-likeness (QED) is 0.507. The van der Waals surface area contributed by atoms with E-state index >= 15 is 0 Å². The number of H-pyrrole nitrogens is 1. The van der Waals surface area contributed by atoms with Gasteiger partial charge < -0.3 is 9.88 Å². The molecule has 0 saturated carbocycles. The average molecular weight is 422 g/mol. The second kappa shape index (κ2) is 8.66. The minimum Gasteiger partial charge on any atom is -0.328 e. The minimum atomic E-state index is -0.134. The van der Waals surface area contributed by atoms with Gasteiger partial charge in [-0.2, -0.15) is 5.26 Å². The molecule has 0 aliphatic carbocycles. The Morgan fingerprint density at radius 3 is 2.41 bits per heavy atom. The second-order valence-electron chi connectivity index (χ2n) is 8.05. The van der Waals surface area contributed by atoms with Crippen molar-refractivity contribution in [3.05, 3.63) is 88.8 Å². The van der Waals surface area contributed by atoms with Gasteiger partial charge in [-0.25, -0.2) is 4.98 Å². The van der Waals surface area contributed by atoms with Crippen LogP contribution in [0.25, 0.3) is 33.3 Å². The third-order valence-corrected chi connectivity index (χ3v) is 5.98. The van der Waals surface area contributed by atoms with Crippen LogP contribution in [0.3, 0.4) is 0 Å². The molecule has 5 rings (SSSR count). The maximum Gasteiger partial charge on any atom is 0.257 e. The van der Waals surface area contributed by atoms with Crippen LogP contribution in [-0.4, -0.2) is 45.9 Å². The molecular weight excluding hydrogens is 398 g/mol. The molecule has 4 aromatic rings. The topological polar surface area (TPSA) is 76.0 Å². The Balaban J connectivity index is 1.49. The number of nitrogens with zero attached hydrogens (tertiary/aromatic N) is 4. The number of nitriles is 1. The predicted octanol–water partition coefficient (Wildman–Crippen LogP) is 3.86. The first kappa shape index (κ1) is 20.0. The molecule has 2 aromatic heterocycles. The molecule has 1 aliphatic heterocycles. The van der Waals surface area contributed by atoms with Crippen molar-refractivity contribution in [2.45, 2.75) is 6.54 Å². The van der Waals surface area contributed by atoms with E-state index in [1.165, 1.54) is 5.56 Å². The Morgan fingerprint density at radius 1 is 0.938 bits per heavy atom. The lowest BCUT2D eigenvalue weighted by Crippen LogP contribution is -2.43. The average Bonchev–Trinajstić information content (AvgIpc) is 2.85. The summed E-state index contributed by atoms with van der Waals surface area (Å²) in [6.45, 7) is 4.23. The number of aromatic nitrogens is 2. The summed E-state index contributed by atoms with van der Waals surface area (Å²) in [6, 6.07) is 22.3. The summed E-state index contributed by atoms with van der Waals surface area (Å²) in [4.78, 5) is 24.2. The van der Waals surface area contributed by atoms with E-state index in [1.807, 2.05) is 42.5 Å². The second-order valence-corrected chi connectivity index (χ2v) is 8.05. The van der Waals surface area contributed by atoms with Gasteiger partial charge in [-0.15, -0.1) is 0 Å². The Labute approximate surface area is 186 Å². The normalized spacial score (nSPS) is 14.4. The number of aromatic amines is 1. The Kier molecular flexibility index (Phi) is 5.40. The predicted molar refractivity (Wildman–Crippen MR) is 126 cm³/mol. The fourth-order valence-corrected chi connectivity index (χ4v) is 4.20. The summed E-state index contributed by atoms with van der Waals surface area (Å²) < 4.78 is 0. The van der Waals surface area contributed by atoms with E-state index in [2.05, 4.69) is 40.3 Å². The third-order valence-electron chi connectivity index (χ3n) is 5.98. The lowest BCUT2D eigenvalue weighted by atomic mass is 9.97. The van der Waals surface area contributed by atoms with Crippen LogP contribution < -0.4 is 5.56 Å². The van der Waals surface area contributed by atoms with Crippen LogP contribution in [0.5, 0.6) is 0 Å². The highest BCUT2D eigenvalue weighted by atomic mass is 16.1. The molecular formula is C26H23N5O. The van der Waals surface area contributed by atoms with Gasteiger partial charge in [0.15, 0.2) is 6.19 Å². The first-order valence-electron chi connectivity index (χ1n) is 10.8. The highest BCUT2D eigenvalue weighted by molar-refractivity contribution is 5.91. The summed E-state index contributed by atoms with van der Waals surface area (Å²) in [5, 5.41) is 9.61. The minimum absolute atomic E-state index is 0.134. The Bertz CT molecular complexity index is 1330. The largest absolute Gasteiger partial charge is 0.328 e. The monoisotopic (exact) mass is 421 g/mol. The summed E-state index contributed by atoms with van der Waals surface area (Å²) in [7, 11) is 0. The molecule has 0 radical (unpaired) electrons. The summed E-state index contributed by atoms with van der Waals surface area (Å²) in [5.41, 5.74) is 5.63. The van der Waals surface area contributed by atoms with Gasteiger partial charge in [-0.1, -0.05) is 54.6 Å². The standard InChI is InChI=1S/C26H23N5O/c27-18-31-14-12-30(13-15-31)17-19-6-8-21(9-7-19)25-22(20-4-2-1-3-5-20)16-23-24(29-25)10-11-28-26(23)32/h1-11,16H,12-15,17H2,(H,28,32). The van der Waals surface area contributed by atoms with E-state index in [1.54, 1.807) is 11.1 Å². The third kappa shape index (κ3) is 3.98. The maximum absolute atomic E-state index is 12.4. The molecule has 0 unspecified atom stereocenters. The fourth-order valence-electron chi connectivity index (χ4n) is 4.20. The van der Waals surface area contributed by atoms with E-state index in [9.17, 15) is 4.79 Å². The molecule has 6 heteroatoms. The van der Waals surface area contributed by atoms with Crippen molar-refractivity contribution in [1.29, 1.82) is 5.26 Å². The molecule has 0 atom stereocenters. The molecule has 1 aliphatic rings. The van der Waals surface area contributed by atoms with Crippen LogP contribution in [0.2, 0.25) is 0 Å². The summed E-state index contributed by atoms with van der Waals surface area (Å²) in [6.07, 6.45) is 3.86. The smallest absolute Gasteiger partial charge is 0.257 e. The number of hydrogen-bond acceptors (Lipinski definition) is 5. The van der Waals surface area contributed by atoms with Gasteiger partial charge in [0.05, 0.1) is 16.6 Å². The van der Waals surface area contributed by atoms with Crippen molar-refractivity contribution in [1.82, 2.24) is 19.8 Å². The van der Waals surface area contributed by atoms with E-state index in [0.717, 1.165) is 55.1 Å². The number of nitrogens with one attached hydrogen (secondary N) is 1. The molecule has 6 nitrogen and oxygen atoms in total. The van der Waals surface area contributed by atoms with Crippen molar-refractivity contribution in [2.24, 2.45) is 0 Å². The van der Waals surface area contributed by atoms with Crippen LogP contribution in [0.4, 0.5) is 0 Å². The molecule has 1 fully saturated rings. The molecule has 0 bridgehead atoms. The number of hydrogen-bond donors (Lipinski definition) is 1. The van der Waals surface area contributed by atoms with Crippen LogP contribution in [0.1, 0.15) is 5.56 Å². The maximum atomic E-state index is 12.4. The van der Waals surface area contributed by atoms with E-state index in [0.29, 0.717) is 10.9 Å². The van der Waals surface area contributed by atoms with Crippen LogP contribution >= 0.6 is 0 Å². The van der Waals surface area contributed by atoms with E-state index < -0.39 is 0 Å². The SMILES string of the molecule is N#CN1CCN(Cc2ccc(-c3nc4cc[nH]c(=O)c4cc3-c3ccccc3)cc2)CC1. The van der Waals surface area contributed by atoms with Gasteiger partial charge in [0.25, 0.3) is 5.56 Å². The summed E-state index contributed by atoms with van der Waals surface area (Å²) in [5.74, 6) is 0. The molecule has 0 amide bonds. The first-order valence-corrected chi connectivity index (χ1v) is 10.8. The Morgan fingerprint density at radius 2 is 1.69 bits per heavy atom. The van der Waals surface area contributed by atoms with Gasteiger partial charge in [-0.3, -0.25) is 9.69 Å². The number of fused-ring (bicyclic) bond motifs is 1. The molecule has 158 valence electrons. The lowest BCUT2D eigenvalue weighted by molar-refractivity contribution is 0.167. The molecule has 2 aromatic carbocycles. The van der Waals surface area contributed by atoms with Crippen LogP contribution in [-0.2, 0) is 6.54 Å². The van der Waals surface area contributed by atoms with Gasteiger partial charge in [0.2, 0.25) is 0 Å². The number of rotatable bonds is 4. The molecule has 1 saturated heterocycles. The zero-order chi connectivity index (χ0) is 21.9. The van der Waals surface area contributed by atoms with Crippen molar-refractivity contribution in [2.75, 3.05) is 26.2 Å². The van der Waals surface area contributed by atoms with Gasteiger partial charge in [0.1, 0.15) is 0 Å². The van der Waals surface area contributed by atoms with Gasteiger partial charge >= 0.3 is 0 Å². The van der Waals surface area contributed by atoms with E-state index in [-0.39, 0.29) is 5.56 Å². The molecule has 0 spiro atoms. The highest BCUT2D eigenvalue weighted by Crippen LogP contribution is 2.32. The van der Waals surface area contributed by atoms with E-state index in [4.69, 9.17) is 10.2 Å². The number of piperazine rings is 1. The number of benzene rings is 2. The van der Waals surface area contributed by atoms with Crippen molar-refractivity contribution in [3.8, 4) is 28.6 Å². The molecule has 1 N–H and O–H groups in total. The fraction of sp³-hybridized carbons (Fsp3) is 0.192.